The Kier molecular flexibility index (Phi) is 6.57. The van der Waals surface area contributed by atoms with Gasteiger partial charge in [-0.3, -0.25) is 14.5 Å². The summed E-state index contributed by atoms with van der Waals surface area (Å²) in [6.45, 7) is 6.33. The van der Waals surface area contributed by atoms with Gasteiger partial charge in [0, 0.05) is 37.3 Å². The maximum absolute atomic E-state index is 13.6. The summed E-state index contributed by atoms with van der Waals surface area (Å²) in [7, 11) is 0. The molecule has 4 aromatic rings. The van der Waals surface area contributed by atoms with Gasteiger partial charge in [-0.15, -0.1) is 5.10 Å². The van der Waals surface area contributed by atoms with Crippen LogP contribution in [-0.2, 0) is 0 Å². The zero-order valence-corrected chi connectivity index (χ0v) is 21.9. The highest BCUT2D eigenvalue weighted by Gasteiger charge is 2.35. The predicted octanol–water partition coefficient (Wildman–Crippen LogP) is 3.78. The molecule has 1 saturated heterocycles. The number of furan rings is 1. The minimum atomic E-state index is -0.428. The molecule has 1 aromatic carbocycles. The molecule has 0 spiro atoms. The Morgan fingerprint density at radius 3 is 2.55 bits per heavy atom. The first-order chi connectivity index (χ1) is 18.5. The van der Waals surface area contributed by atoms with Gasteiger partial charge >= 0.3 is 0 Å². The molecule has 10 nitrogen and oxygen atoms in total. The van der Waals surface area contributed by atoms with Crippen molar-refractivity contribution >= 4 is 16.8 Å². The van der Waals surface area contributed by atoms with Crippen LogP contribution in [0.3, 0.4) is 0 Å². The standard InChI is InChI=1S/C28H33N7O3/c1-18-15-20-17-22(27(36)29-23(20)16-19(18)2)25(26-30-31-32-35(26)21-7-4-3-5-8-21)33-10-12-34(13-11-33)28(37)24-9-6-14-38-24/h6,9,14-17,21,25H,3-5,7-8,10-13H2,1-2H3,(H,29,36)/t25-/m0/s1. The second-order valence-electron chi connectivity index (χ2n) is 10.6. The van der Waals surface area contributed by atoms with Gasteiger partial charge < -0.3 is 14.3 Å². The van der Waals surface area contributed by atoms with Crippen molar-refractivity contribution in [1.29, 1.82) is 0 Å². The quantitative estimate of drug-likeness (QED) is 0.430. The summed E-state index contributed by atoms with van der Waals surface area (Å²) in [5.41, 5.74) is 3.61. The van der Waals surface area contributed by atoms with Gasteiger partial charge in [0.1, 0.15) is 6.04 Å². The molecule has 6 rings (SSSR count). The summed E-state index contributed by atoms with van der Waals surface area (Å²) in [5.74, 6) is 0.914. The topological polar surface area (TPSA) is 113 Å². The fraction of sp³-hybridized carbons (Fsp3) is 0.464. The minimum Gasteiger partial charge on any atom is -0.459 e. The van der Waals surface area contributed by atoms with E-state index in [4.69, 9.17) is 4.42 Å². The smallest absolute Gasteiger partial charge is 0.289 e. The van der Waals surface area contributed by atoms with E-state index in [-0.39, 0.29) is 17.5 Å². The van der Waals surface area contributed by atoms with Crippen LogP contribution in [0.25, 0.3) is 10.9 Å². The monoisotopic (exact) mass is 515 g/mol. The number of nitrogens with one attached hydrogen (secondary N) is 1. The number of rotatable bonds is 5. The number of aryl methyl sites for hydroxylation is 2. The number of H-pyrrole nitrogens is 1. The molecule has 1 aliphatic carbocycles. The van der Waals surface area contributed by atoms with E-state index in [9.17, 15) is 9.59 Å². The van der Waals surface area contributed by atoms with Crippen LogP contribution in [0, 0.1) is 13.8 Å². The maximum atomic E-state index is 13.6. The van der Waals surface area contributed by atoms with Crippen molar-refractivity contribution in [3.63, 3.8) is 0 Å². The molecule has 2 aliphatic rings. The third-order valence-corrected chi connectivity index (χ3v) is 8.16. The third kappa shape index (κ3) is 4.53. The summed E-state index contributed by atoms with van der Waals surface area (Å²) in [5, 5.41) is 14.0. The van der Waals surface area contributed by atoms with Crippen LogP contribution in [0.4, 0.5) is 0 Å². The molecular formula is C28H33N7O3. The van der Waals surface area contributed by atoms with Crippen LogP contribution in [0.5, 0.6) is 0 Å². The molecular weight excluding hydrogens is 482 g/mol. The number of fused-ring (bicyclic) bond motifs is 1. The highest BCUT2D eigenvalue weighted by molar-refractivity contribution is 5.91. The molecule has 0 bridgehead atoms. The number of aromatic amines is 1. The number of piperazine rings is 1. The number of amides is 1. The summed E-state index contributed by atoms with van der Waals surface area (Å²) in [6, 6.07) is 9.34. The number of pyridine rings is 1. The number of carbonyl (C=O) groups excluding carboxylic acids is 1. The van der Waals surface area contributed by atoms with E-state index in [0.29, 0.717) is 43.3 Å². The van der Waals surface area contributed by atoms with Crippen LogP contribution >= 0.6 is 0 Å². The van der Waals surface area contributed by atoms with E-state index in [0.717, 1.165) is 42.1 Å². The lowest BCUT2D eigenvalue weighted by molar-refractivity contribution is 0.0556. The van der Waals surface area contributed by atoms with Gasteiger partial charge in [-0.2, -0.15) is 0 Å². The Labute approximate surface area is 220 Å². The molecule has 2 fully saturated rings. The molecule has 1 aliphatic heterocycles. The van der Waals surface area contributed by atoms with E-state index in [1.54, 1.807) is 17.0 Å². The fourth-order valence-electron chi connectivity index (χ4n) is 5.90. The highest BCUT2D eigenvalue weighted by Crippen LogP contribution is 2.33. The average molecular weight is 516 g/mol. The summed E-state index contributed by atoms with van der Waals surface area (Å²) >= 11 is 0. The molecule has 0 unspecified atom stereocenters. The van der Waals surface area contributed by atoms with Crippen LogP contribution in [0.2, 0.25) is 0 Å². The van der Waals surface area contributed by atoms with Crippen LogP contribution in [-0.4, -0.2) is 67.1 Å². The average Bonchev–Trinajstić information content (AvgIpc) is 3.64. The minimum absolute atomic E-state index is 0.118. The zero-order valence-electron chi connectivity index (χ0n) is 21.9. The largest absolute Gasteiger partial charge is 0.459 e. The van der Waals surface area contributed by atoms with Gasteiger partial charge in [-0.1, -0.05) is 19.3 Å². The normalized spacial score (nSPS) is 18.2. The maximum Gasteiger partial charge on any atom is 0.289 e. The van der Waals surface area contributed by atoms with E-state index < -0.39 is 6.04 Å². The number of tetrazole rings is 1. The molecule has 1 atom stereocenters. The van der Waals surface area contributed by atoms with Crippen molar-refractivity contribution in [1.82, 2.24) is 35.0 Å². The molecule has 1 amide bonds. The highest BCUT2D eigenvalue weighted by atomic mass is 16.3. The summed E-state index contributed by atoms with van der Waals surface area (Å²) in [4.78, 5) is 33.6. The number of hydrogen-bond donors (Lipinski definition) is 1. The number of nitrogens with zero attached hydrogens (tertiary/aromatic N) is 6. The van der Waals surface area contributed by atoms with E-state index in [1.807, 2.05) is 23.7 Å². The van der Waals surface area contributed by atoms with Gasteiger partial charge in [0.05, 0.1) is 12.3 Å². The van der Waals surface area contributed by atoms with Gasteiger partial charge in [0.15, 0.2) is 11.6 Å². The molecule has 198 valence electrons. The zero-order chi connectivity index (χ0) is 26.2. The van der Waals surface area contributed by atoms with Crippen molar-refractivity contribution in [3.05, 3.63) is 75.2 Å². The summed E-state index contributed by atoms with van der Waals surface area (Å²) in [6.07, 6.45) is 7.10. The summed E-state index contributed by atoms with van der Waals surface area (Å²) < 4.78 is 7.28. The van der Waals surface area contributed by atoms with Crippen molar-refractivity contribution < 1.29 is 9.21 Å². The van der Waals surface area contributed by atoms with E-state index in [1.165, 1.54) is 18.2 Å². The van der Waals surface area contributed by atoms with Crippen molar-refractivity contribution in [2.24, 2.45) is 0 Å². The van der Waals surface area contributed by atoms with Crippen LogP contribution in [0.1, 0.15) is 77.3 Å². The lowest BCUT2D eigenvalue weighted by Gasteiger charge is -2.38. The number of hydrogen-bond acceptors (Lipinski definition) is 7. The lowest BCUT2D eigenvalue weighted by atomic mass is 9.95. The van der Waals surface area contributed by atoms with Gasteiger partial charge in [0.2, 0.25) is 0 Å². The Morgan fingerprint density at radius 1 is 1.05 bits per heavy atom. The molecule has 0 radical (unpaired) electrons. The van der Waals surface area contributed by atoms with Gasteiger partial charge in [-0.25, -0.2) is 4.68 Å². The third-order valence-electron chi connectivity index (χ3n) is 8.16. The first-order valence-electron chi connectivity index (χ1n) is 13.5. The van der Waals surface area contributed by atoms with Crippen molar-refractivity contribution in [2.75, 3.05) is 26.2 Å². The van der Waals surface area contributed by atoms with Gasteiger partial charge in [-0.05, 0) is 84.0 Å². The molecule has 38 heavy (non-hydrogen) atoms. The SMILES string of the molecule is Cc1cc2cc([C@@H](c3nnnn3C3CCCCC3)N3CCN(C(=O)c4ccco4)CC3)c(=O)[nH]c2cc1C. The molecule has 3 aromatic heterocycles. The fourth-order valence-corrected chi connectivity index (χ4v) is 5.90. The van der Waals surface area contributed by atoms with E-state index in [2.05, 4.69) is 38.4 Å². The second-order valence-corrected chi connectivity index (χ2v) is 10.6. The first kappa shape index (κ1) is 24.5. The van der Waals surface area contributed by atoms with Crippen LogP contribution < -0.4 is 5.56 Å². The van der Waals surface area contributed by atoms with Crippen molar-refractivity contribution in [2.45, 2.75) is 58.0 Å². The Hall–Kier alpha value is -3.79. The van der Waals surface area contributed by atoms with Crippen molar-refractivity contribution in [3.8, 4) is 0 Å². The number of carbonyl (C=O) groups is 1. The molecule has 10 heteroatoms. The number of benzene rings is 1. The Bertz CT molecular complexity index is 1490. The molecule has 1 N–H and O–H groups in total. The second kappa shape index (κ2) is 10.2. The Balaban J connectivity index is 1.38. The predicted molar refractivity (Wildman–Crippen MR) is 142 cm³/mol. The number of aromatic nitrogens is 5. The molecule has 4 heterocycles. The Morgan fingerprint density at radius 2 is 1.82 bits per heavy atom. The lowest BCUT2D eigenvalue weighted by Crippen LogP contribution is -2.51. The van der Waals surface area contributed by atoms with Crippen LogP contribution in [0.15, 0.2) is 45.8 Å². The van der Waals surface area contributed by atoms with E-state index >= 15 is 0 Å². The molecule has 1 saturated carbocycles. The van der Waals surface area contributed by atoms with Gasteiger partial charge in [0.25, 0.3) is 11.5 Å². The first-order valence-corrected chi connectivity index (χ1v) is 13.5.